The first-order valence-electron chi connectivity index (χ1n) is 9.13. The van der Waals surface area contributed by atoms with Crippen molar-refractivity contribution < 1.29 is 19.0 Å². The van der Waals surface area contributed by atoms with Gasteiger partial charge in [0, 0.05) is 10.0 Å². The van der Waals surface area contributed by atoms with Crippen LogP contribution in [0.25, 0.3) is 0 Å². The van der Waals surface area contributed by atoms with E-state index in [1.807, 2.05) is 36.4 Å². The molecule has 0 aromatic heterocycles. The second kappa shape index (κ2) is 10.5. The number of hydrogen-bond acceptors (Lipinski definition) is 5. The van der Waals surface area contributed by atoms with Crippen molar-refractivity contribution in [3.05, 3.63) is 87.9 Å². The van der Waals surface area contributed by atoms with E-state index in [9.17, 15) is 4.79 Å². The van der Waals surface area contributed by atoms with Gasteiger partial charge in [-0.3, -0.25) is 4.79 Å². The van der Waals surface area contributed by atoms with Crippen molar-refractivity contribution in [1.82, 2.24) is 5.43 Å². The smallest absolute Gasteiger partial charge is 0.272 e. The molecule has 0 radical (unpaired) electrons. The van der Waals surface area contributed by atoms with Crippen LogP contribution >= 0.6 is 15.9 Å². The molecule has 0 unspecified atom stereocenters. The third-order valence-electron chi connectivity index (χ3n) is 4.21. The summed E-state index contributed by atoms with van der Waals surface area (Å²) in [6.07, 6.45) is 1.51. The Hall–Kier alpha value is -3.32. The lowest BCUT2D eigenvalue weighted by Gasteiger charge is -2.15. The van der Waals surface area contributed by atoms with Crippen molar-refractivity contribution in [2.75, 3.05) is 14.2 Å². The number of carbonyl (C=O) groups excluding carboxylic acids is 1. The normalized spacial score (nSPS) is 10.6. The molecule has 30 heavy (non-hydrogen) atoms. The molecule has 1 N–H and O–H groups in total. The summed E-state index contributed by atoms with van der Waals surface area (Å²) < 4.78 is 17.6. The Morgan fingerprint density at radius 1 is 1.00 bits per heavy atom. The number of amides is 1. The molecule has 3 aromatic carbocycles. The van der Waals surface area contributed by atoms with Crippen LogP contribution in [0.1, 0.15) is 21.5 Å². The number of hydrazone groups is 1. The average molecular weight is 469 g/mol. The van der Waals surface area contributed by atoms with Crippen LogP contribution in [0.4, 0.5) is 0 Å². The Labute approximate surface area is 183 Å². The lowest BCUT2D eigenvalue weighted by Crippen LogP contribution is -2.18. The molecule has 0 saturated heterocycles. The highest BCUT2D eigenvalue weighted by atomic mass is 79.9. The number of rotatable bonds is 8. The topological polar surface area (TPSA) is 69.2 Å². The molecule has 0 fully saturated rings. The Bertz CT molecular complexity index is 1010. The van der Waals surface area contributed by atoms with Crippen molar-refractivity contribution in [1.29, 1.82) is 0 Å². The van der Waals surface area contributed by atoms with Crippen molar-refractivity contribution in [2.45, 2.75) is 6.61 Å². The molecule has 0 heterocycles. The van der Waals surface area contributed by atoms with Crippen LogP contribution in [0.15, 0.2) is 76.3 Å². The van der Waals surface area contributed by atoms with E-state index < -0.39 is 0 Å². The van der Waals surface area contributed by atoms with Crippen LogP contribution in [0.5, 0.6) is 17.2 Å². The van der Waals surface area contributed by atoms with Gasteiger partial charge in [-0.15, -0.1) is 0 Å². The number of halogens is 1. The number of methoxy groups -OCH3 is 2. The van der Waals surface area contributed by atoms with Gasteiger partial charge >= 0.3 is 0 Å². The SMILES string of the molecule is COc1cc(/C=N\NC(=O)c2ccccc2Br)cc(OC)c1OCc1ccccc1. The van der Waals surface area contributed by atoms with Crippen LogP contribution < -0.4 is 19.6 Å². The largest absolute Gasteiger partial charge is 0.493 e. The Morgan fingerprint density at radius 3 is 2.27 bits per heavy atom. The highest BCUT2D eigenvalue weighted by Crippen LogP contribution is 2.38. The molecule has 1 amide bonds. The third kappa shape index (κ3) is 5.39. The molecule has 3 aromatic rings. The summed E-state index contributed by atoms with van der Waals surface area (Å²) in [5.74, 6) is 1.19. The molecule has 7 heteroatoms. The van der Waals surface area contributed by atoms with E-state index in [1.165, 1.54) is 6.21 Å². The van der Waals surface area contributed by atoms with E-state index in [0.29, 0.717) is 39.5 Å². The van der Waals surface area contributed by atoms with Crippen LogP contribution in [-0.4, -0.2) is 26.3 Å². The summed E-state index contributed by atoms with van der Waals surface area (Å²) in [6.45, 7) is 0.378. The minimum Gasteiger partial charge on any atom is -0.493 e. The number of ether oxygens (including phenoxy) is 3. The fraction of sp³-hybridized carbons (Fsp3) is 0.130. The maximum atomic E-state index is 12.3. The Morgan fingerprint density at radius 2 is 1.63 bits per heavy atom. The van der Waals surface area contributed by atoms with Crippen LogP contribution in [-0.2, 0) is 6.61 Å². The van der Waals surface area contributed by atoms with E-state index in [-0.39, 0.29) is 5.91 Å². The van der Waals surface area contributed by atoms with E-state index in [2.05, 4.69) is 26.5 Å². The summed E-state index contributed by atoms with van der Waals surface area (Å²) >= 11 is 3.35. The number of nitrogens with zero attached hydrogens (tertiary/aromatic N) is 1. The molecule has 0 aliphatic heterocycles. The monoisotopic (exact) mass is 468 g/mol. The first-order chi connectivity index (χ1) is 14.6. The third-order valence-corrected chi connectivity index (χ3v) is 4.90. The van der Waals surface area contributed by atoms with Crippen molar-refractivity contribution in [3.8, 4) is 17.2 Å². The zero-order valence-corrected chi connectivity index (χ0v) is 18.2. The van der Waals surface area contributed by atoms with Crippen LogP contribution in [0.3, 0.4) is 0 Å². The molecule has 0 saturated carbocycles. The molecular weight excluding hydrogens is 448 g/mol. The van der Waals surface area contributed by atoms with Gasteiger partial charge in [0.15, 0.2) is 11.5 Å². The predicted molar refractivity (Wildman–Crippen MR) is 120 cm³/mol. The van der Waals surface area contributed by atoms with Crippen LogP contribution in [0.2, 0.25) is 0 Å². The number of carbonyl (C=O) groups is 1. The fourth-order valence-corrected chi connectivity index (χ4v) is 3.18. The second-order valence-corrected chi connectivity index (χ2v) is 7.06. The summed E-state index contributed by atoms with van der Waals surface area (Å²) in [7, 11) is 3.11. The van der Waals surface area contributed by atoms with Gasteiger partial charge in [0.2, 0.25) is 5.75 Å². The zero-order chi connectivity index (χ0) is 21.3. The molecule has 0 aliphatic rings. The molecular formula is C23H21BrN2O4. The molecule has 0 spiro atoms. The minimum atomic E-state index is -0.319. The summed E-state index contributed by atoms with van der Waals surface area (Å²) in [6, 6.07) is 20.5. The standard InChI is InChI=1S/C23H21BrN2O4/c1-28-20-12-17(14-25-26-23(27)18-10-6-7-11-19(18)24)13-21(29-2)22(20)30-15-16-8-4-3-5-9-16/h3-14H,15H2,1-2H3,(H,26,27)/b25-14-. The Balaban J connectivity index is 1.75. The highest BCUT2D eigenvalue weighted by Gasteiger charge is 2.14. The van der Waals surface area contributed by atoms with Crippen LogP contribution in [0, 0.1) is 0 Å². The first kappa shape index (κ1) is 21.4. The van der Waals surface area contributed by atoms with E-state index in [4.69, 9.17) is 14.2 Å². The number of nitrogens with one attached hydrogen (secondary N) is 1. The summed E-state index contributed by atoms with van der Waals surface area (Å²) in [5.41, 5.74) is 4.72. The van der Waals surface area contributed by atoms with Gasteiger partial charge in [-0.25, -0.2) is 5.43 Å². The van der Waals surface area contributed by atoms with Gasteiger partial charge in [0.25, 0.3) is 5.91 Å². The minimum absolute atomic E-state index is 0.319. The summed E-state index contributed by atoms with van der Waals surface area (Å²) in [5, 5.41) is 4.04. The highest BCUT2D eigenvalue weighted by molar-refractivity contribution is 9.10. The van der Waals surface area contributed by atoms with E-state index >= 15 is 0 Å². The summed E-state index contributed by atoms with van der Waals surface area (Å²) in [4.78, 5) is 12.3. The number of benzene rings is 3. The van der Waals surface area contributed by atoms with Gasteiger partial charge in [-0.2, -0.15) is 5.10 Å². The van der Waals surface area contributed by atoms with Gasteiger partial charge in [-0.1, -0.05) is 42.5 Å². The zero-order valence-electron chi connectivity index (χ0n) is 16.6. The quantitative estimate of drug-likeness (QED) is 0.380. The lowest BCUT2D eigenvalue weighted by atomic mass is 10.2. The van der Waals surface area contributed by atoms with Gasteiger partial charge < -0.3 is 14.2 Å². The second-order valence-electron chi connectivity index (χ2n) is 6.21. The van der Waals surface area contributed by atoms with Gasteiger partial charge in [-0.05, 0) is 45.8 Å². The van der Waals surface area contributed by atoms with Crippen molar-refractivity contribution in [3.63, 3.8) is 0 Å². The predicted octanol–water partition coefficient (Wildman–Crippen LogP) is 4.81. The molecule has 6 nitrogen and oxygen atoms in total. The first-order valence-corrected chi connectivity index (χ1v) is 9.92. The van der Waals surface area contributed by atoms with Crippen molar-refractivity contribution >= 4 is 28.1 Å². The molecule has 0 atom stereocenters. The molecule has 0 bridgehead atoms. The molecule has 0 aliphatic carbocycles. The van der Waals surface area contributed by atoms with Gasteiger partial charge in [0.1, 0.15) is 6.61 Å². The fourth-order valence-electron chi connectivity index (χ4n) is 2.72. The van der Waals surface area contributed by atoms with E-state index in [0.717, 1.165) is 5.56 Å². The van der Waals surface area contributed by atoms with Gasteiger partial charge in [0.05, 0.1) is 26.0 Å². The Kier molecular flexibility index (Phi) is 7.45. The maximum absolute atomic E-state index is 12.3. The average Bonchev–Trinajstić information content (AvgIpc) is 2.78. The molecule has 3 rings (SSSR count). The lowest BCUT2D eigenvalue weighted by molar-refractivity contribution is 0.0954. The van der Waals surface area contributed by atoms with E-state index in [1.54, 1.807) is 44.6 Å². The molecule has 154 valence electrons. The number of hydrogen-bond donors (Lipinski definition) is 1. The van der Waals surface area contributed by atoms with Crippen molar-refractivity contribution in [2.24, 2.45) is 5.10 Å². The maximum Gasteiger partial charge on any atom is 0.272 e.